The lowest BCUT2D eigenvalue weighted by molar-refractivity contribution is -0.137. The Balaban J connectivity index is 3.30. The molecule has 4 atom stereocenters. The molecule has 1 rings (SSSR count). The molecule has 0 heterocycles. The third kappa shape index (κ3) is 15.7. The standard InChI is InChI=1S/C29H49N9O7/c1-17(2)14-19(16-24(40)38-45)26(42)37-23(15-18-8-10-20(39)11-9-18)28(44)36-22(7-5-13-34-29(32)33)27(43)35-21(25(31)41)6-3-4-12-30/h8-11,17,19,21-23,39,45H,3-7,12-16,30H2,1-2H3,(H2,31,41)(H,35,43)(H,36,44)(H,37,42)(H,38,40)(H4,32,33,34)/t19-,21+,22+,23+/m1/s1. The zero-order chi connectivity index (χ0) is 33.9. The lowest BCUT2D eigenvalue weighted by Gasteiger charge is -2.26. The Hall–Kier alpha value is -4.44. The normalized spacial score (nSPS) is 13.5. The van der Waals surface area contributed by atoms with Crippen LogP contribution < -0.4 is 44.4 Å². The van der Waals surface area contributed by atoms with Crippen LogP contribution in [0.2, 0.25) is 0 Å². The van der Waals surface area contributed by atoms with Crippen LogP contribution in [0.4, 0.5) is 0 Å². The van der Waals surface area contributed by atoms with E-state index in [0.29, 0.717) is 31.4 Å². The molecule has 0 unspecified atom stereocenters. The van der Waals surface area contributed by atoms with Gasteiger partial charge >= 0.3 is 0 Å². The molecular weight excluding hydrogens is 586 g/mol. The molecule has 0 fully saturated rings. The van der Waals surface area contributed by atoms with Gasteiger partial charge in [-0.25, -0.2) is 5.48 Å². The van der Waals surface area contributed by atoms with Crippen LogP contribution in [0.15, 0.2) is 29.3 Å². The van der Waals surface area contributed by atoms with Crippen molar-refractivity contribution in [3.05, 3.63) is 29.8 Å². The summed E-state index contributed by atoms with van der Waals surface area (Å²) in [5.41, 5.74) is 23.9. The van der Waals surface area contributed by atoms with Gasteiger partial charge in [0.05, 0.1) is 0 Å². The fourth-order valence-corrected chi connectivity index (χ4v) is 4.58. The van der Waals surface area contributed by atoms with Crippen LogP contribution in [0, 0.1) is 11.8 Å². The fourth-order valence-electron chi connectivity index (χ4n) is 4.58. The van der Waals surface area contributed by atoms with Crippen molar-refractivity contribution in [1.82, 2.24) is 21.4 Å². The lowest BCUT2D eigenvalue weighted by Crippen LogP contribution is -2.57. The zero-order valence-corrected chi connectivity index (χ0v) is 26.0. The molecule has 0 saturated heterocycles. The third-order valence-electron chi connectivity index (χ3n) is 6.88. The molecule has 16 heteroatoms. The number of aromatic hydroxyl groups is 1. The van der Waals surface area contributed by atoms with Gasteiger partial charge in [0.2, 0.25) is 29.5 Å². The molecular formula is C29H49N9O7. The number of hydrogen-bond acceptors (Lipinski definition) is 9. The quantitative estimate of drug-likeness (QED) is 0.0248. The molecule has 0 aliphatic heterocycles. The molecule has 0 bridgehead atoms. The van der Waals surface area contributed by atoms with Crippen molar-refractivity contribution >= 4 is 35.5 Å². The van der Waals surface area contributed by atoms with E-state index in [1.54, 1.807) is 12.1 Å². The van der Waals surface area contributed by atoms with Crippen LogP contribution in [0.5, 0.6) is 5.75 Å². The predicted octanol–water partition coefficient (Wildman–Crippen LogP) is -1.39. The van der Waals surface area contributed by atoms with Crippen molar-refractivity contribution < 1.29 is 34.3 Å². The number of aliphatic imine (C=N–C) groups is 1. The van der Waals surface area contributed by atoms with E-state index in [1.807, 2.05) is 13.8 Å². The molecule has 1 aromatic rings. The van der Waals surface area contributed by atoms with Crippen molar-refractivity contribution in [2.75, 3.05) is 13.1 Å². The number of carbonyl (C=O) groups is 5. The highest BCUT2D eigenvalue weighted by Crippen LogP contribution is 2.18. The highest BCUT2D eigenvalue weighted by Gasteiger charge is 2.31. The molecule has 0 radical (unpaired) electrons. The van der Waals surface area contributed by atoms with Crippen LogP contribution in [-0.4, -0.2) is 77.0 Å². The first-order chi connectivity index (χ1) is 21.3. The second-order valence-corrected chi connectivity index (χ2v) is 11.3. The van der Waals surface area contributed by atoms with Crippen LogP contribution in [0.1, 0.15) is 64.4 Å². The number of hydroxylamine groups is 1. The number of guanidine groups is 1. The number of nitrogens with two attached hydrogens (primary N) is 4. The number of primary amides is 1. The van der Waals surface area contributed by atoms with E-state index in [2.05, 4.69) is 20.9 Å². The van der Waals surface area contributed by atoms with E-state index in [1.165, 1.54) is 17.6 Å². The number of rotatable bonds is 21. The summed E-state index contributed by atoms with van der Waals surface area (Å²) in [5.74, 6) is -4.49. The van der Waals surface area contributed by atoms with E-state index < -0.39 is 53.6 Å². The Labute approximate surface area is 263 Å². The van der Waals surface area contributed by atoms with Gasteiger partial charge in [0.25, 0.3) is 0 Å². The van der Waals surface area contributed by atoms with E-state index in [0.717, 1.165) is 0 Å². The smallest absolute Gasteiger partial charge is 0.244 e. The Morgan fingerprint density at radius 3 is 1.96 bits per heavy atom. The Morgan fingerprint density at radius 2 is 1.40 bits per heavy atom. The first kappa shape index (κ1) is 38.6. The van der Waals surface area contributed by atoms with Gasteiger partial charge in [0.15, 0.2) is 5.96 Å². The molecule has 0 aliphatic rings. The second kappa shape index (κ2) is 20.5. The van der Waals surface area contributed by atoms with Gasteiger partial charge in [-0.15, -0.1) is 0 Å². The van der Waals surface area contributed by atoms with E-state index in [9.17, 15) is 29.1 Å². The lowest BCUT2D eigenvalue weighted by atomic mass is 9.92. The molecule has 14 N–H and O–H groups in total. The van der Waals surface area contributed by atoms with Crippen LogP contribution in [0.3, 0.4) is 0 Å². The monoisotopic (exact) mass is 635 g/mol. The van der Waals surface area contributed by atoms with E-state index in [4.69, 9.17) is 28.1 Å². The van der Waals surface area contributed by atoms with Crippen LogP contribution in [-0.2, 0) is 30.4 Å². The minimum atomic E-state index is -1.21. The summed E-state index contributed by atoms with van der Waals surface area (Å²) in [7, 11) is 0. The molecule has 252 valence electrons. The first-order valence-electron chi connectivity index (χ1n) is 14.9. The first-order valence-corrected chi connectivity index (χ1v) is 14.9. The van der Waals surface area contributed by atoms with Gasteiger partial charge < -0.3 is 44.0 Å². The molecule has 1 aromatic carbocycles. The summed E-state index contributed by atoms with van der Waals surface area (Å²) in [5, 5.41) is 26.6. The van der Waals surface area contributed by atoms with Crippen molar-refractivity contribution in [2.24, 2.45) is 39.8 Å². The van der Waals surface area contributed by atoms with Gasteiger partial charge in [0.1, 0.15) is 23.9 Å². The molecule has 0 saturated carbocycles. The van der Waals surface area contributed by atoms with Gasteiger partial charge in [0, 0.05) is 25.3 Å². The highest BCUT2D eigenvalue weighted by molar-refractivity contribution is 5.95. The van der Waals surface area contributed by atoms with Crippen molar-refractivity contribution in [3.63, 3.8) is 0 Å². The average Bonchev–Trinajstić information content (AvgIpc) is 2.97. The summed E-state index contributed by atoms with van der Waals surface area (Å²) in [6.07, 6.45) is 1.73. The number of amides is 5. The Kier molecular flexibility index (Phi) is 17.6. The van der Waals surface area contributed by atoms with Crippen molar-refractivity contribution in [2.45, 2.75) is 83.3 Å². The summed E-state index contributed by atoms with van der Waals surface area (Å²) in [6, 6.07) is 2.63. The maximum atomic E-state index is 13.7. The Bertz CT molecular complexity index is 1140. The van der Waals surface area contributed by atoms with Gasteiger partial charge in [-0.1, -0.05) is 26.0 Å². The zero-order valence-electron chi connectivity index (χ0n) is 26.0. The largest absolute Gasteiger partial charge is 0.508 e. The third-order valence-corrected chi connectivity index (χ3v) is 6.88. The maximum absolute atomic E-state index is 13.7. The van der Waals surface area contributed by atoms with Crippen LogP contribution >= 0.6 is 0 Å². The highest BCUT2D eigenvalue weighted by atomic mass is 16.5. The Morgan fingerprint density at radius 1 is 0.822 bits per heavy atom. The second-order valence-electron chi connectivity index (χ2n) is 11.3. The topological polar surface area (TPSA) is 290 Å². The minimum absolute atomic E-state index is 0.00350. The molecule has 0 aromatic heterocycles. The number of benzene rings is 1. The van der Waals surface area contributed by atoms with Gasteiger partial charge in [-0.3, -0.25) is 34.2 Å². The fraction of sp³-hybridized carbons (Fsp3) is 0.586. The number of phenols is 1. The molecule has 0 aliphatic carbocycles. The summed E-state index contributed by atoms with van der Waals surface area (Å²) >= 11 is 0. The molecule has 45 heavy (non-hydrogen) atoms. The van der Waals surface area contributed by atoms with E-state index >= 15 is 0 Å². The molecule has 5 amide bonds. The average molecular weight is 636 g/mol. The van der Waals surface area contributed by atoms with Gasteiger partial charge in [-0.05, 0) is 68.7 Å². The summed E-state index contributed by atoms with van der Waals surface area (Å²) in [4.78, 5) is 68.3. The number of carbonyl (C=O) groups excluding carboxylic acids is 5. The molecule has 16 nitrogen and oxygen atoms in total. The SMILES string of the molecule is CC(C)C[C@H](CC(=O)NO)C(=O)N[C@@H](Cc1ccc(O)cc1)C(=O)N[C@@H](CCCN=C(N)N)C(=O)N[C@@H](CCCCN)C(N)=O. The van der Waals surface area contributed by atoms with Gasteiger partial charge in [-0.2, -0.15) is 0 Å². The van der Waals surface area contributed by atoms with Crippen molar-refractivity contribution in [3.8, 4) is 5.75 Å². The summed E-state index contributed by atoms with van der Waals surface area (Å²) < 4.78 is 0. The number of unbranched alkanes of at least 4 members (excludes halogenated alkanes) is 1. The minimum Gasteiger partial charge on any atom is -0.508 e. The van der Waals surface area contributed by atoms with E-state index in [-0.39, 0.29) is 56.3 Å². The predicted molar refractivity (Wildman–Crippen MR) is 167 cm³/mol. The number of nitrogens with one attached hydrogen (secondary N) is 4. The maximum Gasteiger partial charge on any atom is 0.244 e. The number of phenolic OH excluding ortho intramolecular Hbond substituents is 1. The molecule has 0 spiro atoms. The number of hydrogen-bond donors (Lipinski definition) is 10. The summed E-state index contributed by atoms with van der Waals surface area (Å²) in [6.45, 7) is 4.28. The number of nitrogens with zero attached hydrogens (tertiary/aromatic N) is 1. The van der Waals surface area contributed by atoms with Crippen LogP contribution in [0.25, 0.3) is 0 Å². The van der Waals surface area contributed by atoms with Crippen molar-refractivity contribution in [1.29, 1.82) is 0 Å².